The van der Waals surface area contributed by atoms with Crippen LogP contribution in [0.2, 0.25) is 10.0 Å². The van der Waals surface area contributed by atoms with Gasteiger partial charge in [0, 0.05) is 28.2 Å². The van der Waals surface area contributed by atoms with Gasteiger partial charge in [0.1, 0.15) is 28.0 Å². The van der Waals surface area contributed by atoms with Crippen molar-refractivity contribution in [3.05, 3.63) is 75.4 Å². The highest BCUT2D eigenvalue weighted by Gasteiger charge is 2.45. The van der Waals surface area contributed by atoms with Gasteiger partial charge >= 0.3 is 12.1 Å². The van der Waals surface area contributed by atoms with E-state index in [4.69, 9.17) is 33.7 Å². The standard InChI is InChI=1S/C22H12Cl2F4N4O5S2/c23-12-1-2-16(13(6-12)11-3-4-30-19(29)5-11)36-17-8-15(25)18(7-14(17)24)39(34,35)32(20-9-38-10-31-20)37-21(33)22(26,27)28/h1-10H,(H2,29,30). The molecule has 0 spiro atoms. The van der Waals surface area contributed by atoms with Crippen molar-refractivity contribution >= 4 is 62.2 Å². The van der Waals surface area contributed by atoms with E-state index in [1.54, 1.807) is 6.07 Å². The first-order chi connectivity index (χ1) is 18.3. The number of rotatable bonds is 7. The molecule has 39 heavy (non-hydrogen) atoms. The van der Waals surface area contributed by atoms with Crippen molar-refractivity contribution in [1.29, 1.82) is 0 Å². The molecular weight excluding hydrogens is 611 g/mol. The van der Waals surface area contributed by atoms with Gasteiger partial charge in [0.15, 0.2) is 5.82 Å². The minimum Gasteiger partial charge on any atom is -0.455 e. The van der Waals surface area contributed by atoms with Crippen LogP contribution >= 0.6 is 34.5 Å². The van der Waals surface area contributed by atoms with Crippen molar-refractivity contribution in [3.63, 3.8) is 0 Å². The van der Waals surface area contributed by atoms with Crippen LogP contribution in [0.4, 0.5) is 29.2 Å². The van der Waals surface area contributed by atoms with E-state index < -0.39 is 48.2 Å². The van der Waals surface area contributed by atoms with Crippen molar-refractivity contribution < 1.29 is 40.3 Å². The molecule has 0 bridgehead atoms. The lowest BCUT2D eigenvalue weighted by Crippen LogP contribution is -2.39. The topological polar surface area (TPSA) is 125 Å². The minimum absolute atomic E-state index is 0.116. The van der Waals surface area contributed by atoms with Gasteiger partial charge in [0.25, 0.3) is 10.0 Å². The summed E-state index contributed by atoms with van der Waals surface area (Å²) in [4.78, 5) is 21.7. The van der Waals surface area contributed by atoms with Crippen LogP contribution in [0.1, 0.15) is 0 Å². The van der Waals surface area contributed by atoms with Crippen LogP contribution in [0.3, 0.4) is 0 Å². The van der Waals surface area contributed by atoms with Crippen molar-refractivity contribution in [2.75, 3.05) is 10.2 Å². The number of sulfonamides is 1. The molecule has 2 aromatic heterocycles. The van der Waals surface area contributed by atoms with Crippen molar-refractivity contribution in [2.24, 2.45) is 0 Å². The molecule has 2 heterocycles. The van der Waals surface area contributed by atoms with Crippen molar-refractivity contribution in [2.45, 2.75) is 11.1 Å². The molecule has 2 N–H and O–H groups in total. The molecule has 0 saturated heterocycles. The van der Waals surface area contributed by atoms with E-state index in [1.807, 2.05) is 0 Å². The molecule has 0 aliphatic carbocycles. The summed E-state index contributed by atoms with van der Waals surface area (Å²) in [5.41, 5.74) is 7.72. The molecule has 4 aromatic rings. The fraction of sp³-hybridized carbons (Fsp3) is 0.0455. The highest BCUT2D eigenvalue weighted by Crippen LogP contribution is 2.40. The van der Waals surface area contributed by atoms with Crippen LogP contribution in [0.15, 0.2) is 64.4 Å². The summed E-state index contributed by atoms with van der Waals surface area (Å²) in [6.45, 7) is 0. The molecule has 0 fully saturated rings. The molecule has 0 aliphatic heterocycles. The molecule has 17 heteroatoms. The average molecular weight is 623 g/mol. The summed E-state index contributed by atoms with van der Waals surface area (Å²) in [5.74, 6) is -5.14. The summed E-state index contributed by atoms with van der Waals surface area (Å²) in [5, 5.41) is 0.832. The number of nitrogen functional groups attached to an aromatic ring is 1. The predicted molar refractivity (Wildman–Crippen MR) is 135 cm³/mol. The Hall–Kier alpha value is -3.66. The molecule has 4 rings (SSSR count). The summed E-state index contributed by atoms with van der Waals surface area (Å²) < 4.78 is 85.1. The SMILES string of the molecule is Nc1cc(-c2cc(Cl)ccc2Oc2cc(F)c(S(=O)(=O)N(OC(=O)C(F)(F)F)c3cscn3)cc2Cl)ccn1. The number of halogens is 6. The highest BCUT2D eigenvalue weighted by molar-refractivity contribution is 7.92. The lowest BCUT2D eigenvalue weighted by atomic mass is 10.1. The molecule has 0 aliphatic rings. The predicted octanol–water partition coefficient (Wildman–Crippen LogP) is 6.24. The van der Waals surface area contributed by atoms with Crippen LogP contribution in [0.5, 0.6) is 11.5 Å². The second-order valence-electron chi connectivity index (χ2n) is 7.38. The van der Waals surface area contributed by atoms with Gasteiger partial charge < -0.3 is 15.3 Å². The van der Waals surface area contributed by atoms with E-state index in [2.05, 4.69) is 14.8 Å². The van der Waals surface area contributed by atoms with Crippen LogP contribution in [-0.2, 0) is 19.7 Å². The van der Waals surface area contributed by atoms with E-state index in [0.29, 0.717) is 28.3 Å². The van der Waals surface area contributed by atoms with Gasteiger partial charge in [0.05, 0.1) is 10.5 Å². The number of alkyl halides is 3. The summed E-state index contributed by atoms with van der Waals surface area (Å²) in [6, 6.07) is 8.73. The van der Waals surface area contributed by atoms with Gasteiger partial charge in [0.2, 0.25) is 0 Å². The van der Waals surface area contributed by atoms with Gasteiger partial charge in [-0.25, -0.2) is 19.2 Å². The first-order valence-corrected chi connectivity index (χ1v) is 13.3. The monoisotopic (exact) mass is 622 g/mol. The number of benzene rings is 2. The Labute approximate surface area is 231 Å². The molecule has 2 aromatic carbocycles. The first kappa shape index (κ1) is 28.4. The Bertz CT molecular complexity index is 1650. The fourth-order valence-corrected chi connectivity index (χ4v) is 5.35. The van der Waals surface area contributed by atoms with Crippen molar-refractivity contribution in [3.8, 4) is 22.6 Å². The summed E-state index contributed by atoms with van der Waals surface area (Å²) in [7, 11) is -5.30. The van der Waals surface area contributed by atoms with E-state index >= 15 is 4.39 Å². The third-order valence-corrected chi connectivity index (χ3v) is 7.41. The number of hydrogen-bond acceptors (Lipinski definition) is 9. The van der Waals surface area contributed by atoms with Gasteiger partial charge in [-0.1, -0.05) is 27.7 Å². The lowest BCUT2D eigenvalue weighted by molar-refractivity contribution is -0.199. The van der Waals surface area contributed by atoms with E-state index in [-0.39, 0.29) is 17.3 Å². The summed E-state index contributed by atoms with van der Waals surface area (Å²) in [6.07, 6.45) is -4.13. The second-order valence-corrected chi connectivity index (χ2v) is 10.7. The smallest absolute Gasteiger partial charge is 0.455 e. The van der Waals surface area contributed by atoms with E-state index in [1.165, 1.54) is 30.5 Å². The Morgan fingerprint density at radius 1 is 1.05 bits per heavy atom. The Balaban J connectivity index is 1.74. The summed E-state index contributed by atoms with van der Waals surface area (Å²) >= 11 is 13.1. The molecule has 9 nitrogen and oxygen atoms in total. The fourth-order valence-electron chi connectivity index (χ4n) is 3.07. The van der Waals surface area contributed by atoms with Gasteiger partial charge in [-0.05, 0) is 42.0 Å². The Kier molecular flexibility index (Phi) is 7.88. The number of carbonyl (C=O) groups excluding carboxylic acids is 1. The molecule has 0 saturated carbocycles. The normalized spacial score (nSPS) is 11.7. The van der Waals surface area contributed by atoms with E-state index in [0.717, 1.165) is 22.2 Å². The van der Waals surface area contributed by atoms with E-state index in [9.17, 15) is 26.4 Å². The zero-order valence-electron chi connectivity index (χ0n) is 18.8. The quantitative estimate of drug-likeness (QED) is 0.190. The number of ether oxygens (including phenoxy) is 1. The third kappa shape index (κ3) is 6.16. The number of aromatic nitrogens is 2. The molecule has 204 valence electrons. The molecule has 0 radical (unpaired) electrons. The number of pyridine rings is 1. The minimum atomic E-state index is -5.56. The first-order valence-electron chi connectivity index (χ1n) is 10.2. The number of nitrogens with two attached hydrogens (primary N) is 1. The zero-order chi connectivity index (χ0) is 28.5. The maximum Gasteiger partial charge on any atom is 0.493 e. The van der Waals surface area contributed by atoms with Crippen LogP contribution < -0.4 is 14.9 Å². The number of carbonyl (C=O) groups is 1. The van der Waals surface area contributed by atoms with Crippen molar-refractivity contribution in [1.82, 2.24) is 9.97 Å². The number of thiazole rings is 1. The number of hydrogen-bond donors (Lipinski definition) is 1. The zero-order valence-corrected chi connectivity index (χ0v) is 22.0. The largest absolute Gasteiger partial charge is 0.493 e. The highest BCUT2D eigenvalue weighted by atomic mass is 35.5. The maximum atomic E-state index is 15.2. The molecule has 0 unspecified atom stereocenters. The number of nitrogens with zero attached hydrogens (tertiary/aromatic N) is 3. The lowest BCUT2D eigenvalue weighted by Gasteiger charge is -2.21. The van der Waals surface area contributed by atoms with Gasteiger partial charge in [-0.2, -0.15) is 21.6 Å². The van der Waals surface area contributed by atoms with Gasteiger partial charge in [-0.3, -0.25) is 0 Å². The third-order valence-electron chi connectivity index (χ3n) is 4.74. The van der Waals surface area contributed by atoms with Crippen LogP contribution in [0, 0.1) is 5.82 Å². The molecule has 0 amide bonds. The van der Waals surface area contributed by atoms with Gasteiger partial charge in [-0.15, -0.1) is 11.3 Å². The maximum absolute atomic E-state index is 15.2. The van der Waals surface area contributed by atoms with Crippen LogP contribution in [0.25, 0.3) is 11.1 Å². The second kappa shape index (κ2) is 10.8. The van der Waals surface area contributed by atoms with Crippen LogP contribution in [-0.4, -0.2) is 30.5 Å². The molecule has 0 atom stereocenters. The average Bonchev–Trinajstić information content (AvgIpc) is 3.39. The Morgan fingerprint density at radius 3 is 2.44 bits per heavy atom. The Morgan fingerprint density at radius 2 is 1.79 bits per heavy atom. The number of anilines is 2. The molecular formula is C22H12Cl2F4N4O5S2.